The molecular weight excluding hydrogens is 334 g/mol. The van der Waals surface area contributed by atoms with Crippen LogP contribution in [-0.4, -0.2) is 42.7 Å². The van der Waals surface area contributed by atoms with Gasteiger partial charge in [-0.15, -0.1) is 0 Å². The number of aliphatic carboxylic acids is 1. The van der Waals surface area contributed by atoms with Crippen molar-refractivity contribution in [1.29, 1.82) is 0 Å². The molecule has 0 spiro atoms. The van der Waals surface area contributed by atoms with Gasteiger partial charge in [-0.05, 0) is 6.42 Å². The highest BCUT2D eigenvalue weighted by molar-refractivity contribution is 5.73. The zero-order valence-electron chi connectivity index (χ0n) is 19.5. The van der Waals surface area contributed by atoms with Gasteiger partial charge in [-0.2, -0.15) is 0 Å². The van der Waals surface area contributed by atoms with Crippen molar-refractivity contribution in [2.75, 3.05) is 21.1 Å². The molecule has 3 heteroatoms. The minimum Gasteiger partial charge on any atom is -0.477 e. The van der Waals surface area contributed by atoms with Crippen molar-refractivity contribution in [3.05, 3.63) is 0 Å². The third-order valence-electron chi connectivity index (χ3n) is 5.92. The second kappa shape index (κ2) is 14.4. The van der Waals surface area contributed by atoms with Gasteiger partial charge in [0.2, 0.25) is 0 Å². The van der Waals surface area contributed by atoms with Gasteiger partial charge < -0.3 is 9.59 Å². The first-order valence-electron chi connectivity index (χ1n) is 11.7. The summed E-state index contributed by atoms with van der Waals surface area (Å²) in [6.07, 6.45) is 20.1. The standard InChI is InChI=1S/C24H49NO2/c1-7-8-9-10-11-12-13-14-15-16-17-18-19-20-21-24(2,3)22(23(26)27)25(4,5)6/h22H,7-21H2,1-6H3/p+1. The van der Waals surface area contributed by atoms with E-state index in [-0.39, 0.29) is 11.5 Å². The van der Waals surface area contributed by atoms with Gasteiger partial charge in [0.15, 0.2) is 6.04 Å². The largest absolute Gasteiger partial charge is 0.477 e. The Hall–Kier alpha value is -0.570. The lowest BCUT2D eigenvalue weighted by Gasteiger charge is -2.41. The first-order valence-corrected chi connectivity index (χ1v) is 11.7. The van der Waals surface area contributed by atoms with Crippen LogP contribution in [-0.2, 0) is 4.79 Å². The number of nitrogens with zero attached hydrogens (tertiary/aromatic N) is 1. The molecule has 0 amide bonds. The SMILES string of the molecule is CCCCCCCCCCCCCCCCC(C)(C)C(C(=O)O)[N+](C)(C)C. The summed E-state index contributed by atoms with van der Waals surface area (Å²) in [5.74, 6) is -0.669. The minimum atomic E-state index is -0.669. The molecule has 0 saturated carbocycles. The highest BCUT2D eigenvalue weighted by atomic mass is 16.4. The van der Waals surface area contributed by atoms with E-state index in [1.807, 2.05) is 21.1 Å². The number of rotatable bonds is 18. The van der Waals surface area contributed by atoms with E-state index in [0.717, 1.165) is 12.8 Å². The molecule has 0 aliphatic carbocycles. The third-order valence-corrected chi connectivity index (χ3v) is 5.92. The molecule has 3 nitrogen and oxygen atoms in total. The Balaban J connectivity index is 3.67. The Morgan fingerprint density at radius 2 is 1.07 bits per heavy atom. The van der Waals surface area contributed by atoms with E-state index in [1.54, 1.807) is 0 Å². The normalized spacial score (nSPS) is 13.7. The van der Waals surface area contributed by atoms with Gasteiger partial charge in [0.25, 0.3) is 0 Å². The smallest absolute Gasteiger partial charge is 0.363 e. The van der Waals surface area contributed by atoms with Crippen molar-refractivity contribution in [3.63, 3.8) is 0 Å². The molecule has 162 valence electrons. The van der Waals surface area contributed by atoms with Crippen LogP contribution in [0.3, 0.4) is 0 Å². The van der Waals surface area contributed by atoms with E-state index in [2.05, 4.69) is 20.8 Å². The van der Waals surface area contributed by atoms with E-state index in [4.69, 9.17) is 0 Å². The molecule has 27 heavy (non-hydrogen) atoms. The van der Waals surface area contributed by atoms with Gasteiger partial charge in [0, 0.05) is 5.41 Å². The fourth-order valence-electron chi connectivity index (χ4n) is 4.63. The molecule has 0 fully saturated rings. The van der Waals surface area contributed by atoms with Gasteiger partial charge in [-0.3, -0.25) is 0 Å². The molecule has 1 N–H and O–H groups in total. The van der Waals surface area contributed by atoms with E-state index in [9.17, 15) is 9.90 Å². The first kappa shape index (κ1) is 26.4. The lowest BCUT2D eigenvalue weighted by Crippen LogP contribution is -2.57. The van der Waals surface area contributed by atoms with E-state index in [1.165, 1.54) is 83.5 Å². The molecule has 0 aliphatic rings. The highest BCUT2D eigenvalue weighted by Crippen LogP contribution is 2.33. The summed E-state index contributed by atoms with van der Waals surface area (Å²) in [7, 11) is 5.98. The van der Waals surface area contributed by atoms with E-state index in [0.29, 0.717) is 4.48 Å². The van der Waals surface area contributed by atoms with Crippen molar-refractivity contribution in [2.24, 2.45) is 5.41 Å². The van der Waals surface area contributed by atoms with Crippen LogP contribution in [0.15, 0.2) is 0 Å². The zero-order chi connectivity index (χ0) is 20.8. The monoisotopic (exact) mass is 384 g/mol. The van der Waals surface area contributed by atoms with Gasteiger partial charge in [0.05, 0.1) is 21.1 Å². The number of carboxylic acids is 1. The number of carbonyl (C=O) groups is 1. The van der Waals surface area contributed by atoms with Crippen LogP contribution in [0.5, 0.6) is 0 Å². The Kier molecular flexibility index (Phi) is 14.1. The molecule has 0 aromatic carbocycles. The minimum absolute atomic E-state index is 0.165. The lowest BCUT2D eigenvalue weighted by atomic mass is 9.78. The van der Waals surface area contributed by atoms with Crippen molar-refractivity contribution in [3.8, 4) is 0 Å². The number of hydrogen-bond donors (Lipinski definition) is 1. The molecule has 0 saturated heterocycles. The Morgan fingerprint density at radius 1 is 0.741 bits per heavy atom. The molecule has 1 atom stereocenters. The van der Waals surface area contributed by atoms with E-state index >= 15 is 0 Å². The Morgan fingerprint density at radius 3 is 1.37 bits per heavy atom. The second-order valence-electron chi connectivity index (χ2n) is 10.2. The van der Waals surface area contributed by atoms with Crippen molar-refractivity contribution in [1.82, 2.24) is 0 Å². The second-order valence-corrected chi connectivity index (χ2v) is 10.2. The van der Waals surface area contributed by atoms with Crippen LogP contribution in [0.1, 0.15) is 117 Å². The van der Waals surface area contributed by atoms with Crippen LogP contribution in [0.25, 0.3) is 0 Å². The van der Waals surface area contributed by atoms with Gasteiger partial charge >= 0.3 is 5.97 Å². The van der Waals surface area contributed by atoms with Crippen molar-refractivity contribution < 1.29 is 14.4 Å². The van der Waals surface area contributed by atoms with Gasteiger partial charge in [-0.25, -0.2) is 4.79 Å². The molecule has 0 aliphatic heterocycles. The van der Waals surface area contributed by atoms with Crippen molar-refractivity contribution >= 4 is 5.97 Å². The number of hydrogen-bond acceptors (Lipinski definition) is 1. The molecule has 0 heterocycles. The number of likely N-dealkylation sites (N-methyl/N-ethyl adjacent to an activating group) is 1. The zero-order valence-corrected chi connectivity index (χ0v) is 19.5. The summed E-state index contributed by atoms with van der Waals surface area (Å²) in [5, 5.41) is 9.64. The number of unbranched alkanes of at least 4 members (excludes halogenated alkanes) is 13. The number of carboxylic acid groups (broad SMARTS) is 1. The van der Waals surface area contributed by atoms with E-state index < -0.39 is 5.97 Å². The van der Waals surface area contributed by atoms with Gasteiger partial charge in [0.1, 0.15) is 0 Å². The summed E-state index contributed by atoms with van der Waals surface area (Å²) in [6, 6.07) is -0.348. The van der Waals surface area contributed by atoms with Gasteiger partial charge in [-0.1, -0.05) is 111 Å². The average molecular weight is 385 g/mol. The number of quaternary nitrogens is 1. The maximum absolute atomic E-state index is 11.7. The highest BCUT2D eigenvalue weighted by Gasteiger charge is 2.44. The first-order chi connectivity index (χ1) is 12.6. The summed E-state index contributed by atoms with van der Waals surface area (Å²) in [4.78, 5) is 11.7. The predicted octanol–water partition coefficient (Wildman–Crippen LogP) is 7.04. The topological polar surface area (TPSA) is 37.3 Å². The molecule has 0 aromatic rings. The van der Waals surface area contributed by atoms with Crippen LogP contribution in [0.2, 0.25) is 0 Å². The maximum atomic E-state index is 11.7. The quantitative estimate of drug-likeness (QED) is 0.203. The summed E-state index contributed by atoms with van der Waals surface area (Å²) < 4.78 is 0.487. The molecule has 0 radical (unpaired) electrons. The molecule has 0 aromatic heterocycles. The molecule has 1 unspecified atom stereocenters. The summed E-state index contributed by atoms with van der Waals surface area (Å²) in [5.41, 5.74) is -0.165. The van der Waals surface area contributed by atoms with Crippen LogP contribution >= 0.6 is 0 Å². The van der Waals surface area contributed by atoms with Crippen LogP contribution in [0.4, 0.5) is 0 Å². The fraction of sp³-hybridized carbons (Fsp3) is 0.958. The van der Waals surface area contributed by atoms with Crippen molar-refractivity contribution in [2.45, 2.75) is 123 Å². The molecular formula is C24H50NO2+. The fourth-order valence-corrected chi connectivity index (χ4v) is 4.63. The Labute approximate surface area is 170 Å². The average Bonchev–Trinajstić information content (AvgIpc) is 2.52. The molecule has 0 bridgehead atoms. The Bertz CT molecular complexity index is 371. The maximum Gasteiger partial charge on any atom is 0.363 e. The summed E-state index contributed by atoms with van der Waals surface area (Å²) in [6.45, 7) is 6.52. The summed E-state index contributed by atoms with van der Waals surface area (Å²) >= 11 is 0. The predicted molar refractivity (Wildman–Crippen MR) is 118 cm³/mol. The molecule has 0 rings (SSSR count). The van der Waals surface area contributed by atoms with Crippen LogP contribution < -0.4 is 0 Å². The van der Waals surface area contributed by atoms with Crippen LogP contribution in [0, 0.1) is 5.41 Å². The lowest BCUT2D eigenvalue weighted by molar-refractivity contribution is -0.894. The third kappa shape index (κ3) is 13.3.